The Morgan fingerprint density at radius 1 is 0.698 bits per heavy atom. The zero-order valence-corrected chi connectivity index (χ0v) is 30.0. The number of hydrogen-bond acceptors (Lipinski definition) is 12. The summed E-state index contributed by atoms with van der Waals surface area (Å²) in [5.41, 5.74) is 18.2. The molecule has 2 aromatic carbocycles. The standard InChI is InChI=1S/C36H49N7O10/c1-39-34(50)53-24-31-29-22-25(32(48)35(6-14-44,7-15-45)10-18-51-20-12-40-42-37)2-4-27(29)28-5-3-26(23-30(28)31)33(49)36(8-16-46,9-17-47)11-19-52-21-13-41-43-38/h2-5,22-23,31,44-47H,6-21,24H2,1H3,(H,39,50). The van der Waals surface area contributed by atoms with Crippen LogP contribution in [0.2, 0.25) is 0 Å². The number of hydrogen-bond donors (Lipinski definition) is 5. The number of carbonyl (C=O) groups excluding carboxylic acids is 3. The predicted molar refractivity (Wildman–Crippen MR) is 193 cm³/mol. The van der Waals surface area contributed by atoms with E-state index in [1.54, 1.807) is 36.4 Å². The molecular weight excluding hydrogens is 690 g/mol. The molecule has 1 aliphatic carbocycles. The molecule has 0 aromatic heterocycles. The van der Waals surface area contributed by atoms with Crippen LogP contribution in [0.5, 0.6) is 0 Å². The van der Waals surface area contributed by atoms with Gasteiger partial charge >= 0.3 is 6.09 Å². The zero-order chi connectivity index (χ0) is 38.7. The fraction of sp³-hybridized carbons (Fsp3) is 0.583. The number of Topliss-reactive ketones (excluding diaryl/α,β-unsaturated/α-hetero) is 2. The molecule has 0 saturated carbocycles. The van der Waals surface area contributed by atoms with E-state index in [1.165, 1.54) is 7.05 Å². The van der Waals surface area contributed by atoms with E-state index in [0.29, 0.717) is 22.3 Å². The third-order valence-corrected chi connectivity index (χ3v) is 9.83. The first kappa shape index (κ1) is 42.8. The number of azide groups is 2. The van der Waals surface area contributed by atoms with Crippen LogP contribution in [0.15, 0.2) is 46.6 Å². The molecular formula is C36H49N7O10. The number of ether oxygens (including phenoxy) is 3. The van der Waals surface area contributed by atoms with E-state index in [0.717, 1.165) is 11.1 Å². The lowest BCUT2D eigenvalue weighted by Gasteiger charge is -2.32. The van der Waals surface area contributed by atoms with Gasteiger partial charge in [0.1, 0.15) is 6.61 Å². The average Bonchev–Trinajstić information content (AvgIpc) is 3.47. The number of aliphatic hydroxyl groups is 4. The fourth-order valence-corrected chi connectivity index (χ4v) is 6.99. The summed E-state index contributed by atoms with van der Waals surface area (Å²) in [4.78, 5) is 46.2. The normalized spacial score (nSPS) is 13.3. The third kappa shape index (κ3) is 11.0. The van der Waals surface area contributed by atoms with Crippen molar-refractivity contribution >= 4 is 17.7 Å². The number of aliphatic hydroxyl groups excluding tert-OH is 4. The molecule has 53 heavy (non-hydrogen) atoms. The molecule has 17 nitrogen and oxygen atoms in total. The van der Waals surface area contributed by atoms with Crippen LogP contribution in [-0.4, -0.2) is 118 Å². The van der Waals surface area contributed by atoms with Gasteiger partial charge in [-0.1, -0.05) is 34.5 Å². The van der Waals surface area contributed by atoms with E-state index in [9.17, 15) is 34.8 Å². The maximum Gasteiger partial charge on any atom is 0.406 e. The van der Waals surface area contributed by atoms with Crippen LogP contribution in [0.25, 0.3) is 32.0 Å². The van der Waals surface area contributed by atoms with Gasteiger partial charge in [0, 0.05) is 97.5 Å². The highest BCUT2D eigenvalue weighted by molar-refractivity contribution is 6.03. The summed E-state index contributed by atoms with van der Waals surface area (Å²) in [6.07, 6.45) is -0.00796. The van der Waals surface area contributed by atoms with Gasteiger partial charge in [0.2, 0.25) is 0 Å². The molecule has 17 heteroatoms. The first-order valence-electron chi connectivity index (χ1n) is 17.5. The largest absolute Gasteiger partial charge is 0.449 e. The van der Waals surface area contributed by atoms with E-state index in [-0.39, 0.29) is 123 Å². The monoisotopic (exact) mass is 739 g/mol. The summed E-state index contributed by atoms with van der Waals surface area (Å²) in [5.74, 6) is -1.19. The van der Waals surface area contributed by atoms with Gasteiger partial charge in [-0.3, -0.25) is 9.59 Å². The topological polar surface area (TPSA) is 269 Å². The van der Waals surface area contributed by atoms with E-state index >= 15 is 0 Å². The smallest absolute Gasteiger partial charge is 0.406 e. The maximum atomic E-state index is 14.3. The number of rotatable bonds is 26. The molecule has 0 bridgehead atoms. The second-order valence-corrected chi connectivity index (χ2v) is 12.8. The number of amides is 1. The van der Waals surface area contributed by atoms with Crippen molar-refractivity contribution in [2.45, 2.75) is 44.4 Å². The van der Waals surface area contributed by atoms with Crippen molar-refractivity contribution in [1.82, 2.24) is 5.32 Å². The van der Waals surface area contributed by atoms with Crippen molar-refractivity contribution in [2.75, 3.05) is 79.6 Å². The first-order chi connectivity index (χ1) is 25.7. The Bertz CT molecular complexity index is 1520. The van der Waals surface area contributed by atoms with Gasteiger partial charge in [0.25, 0.3) is 0 Å². The van der Waals surface area contributed by atoms with Crippen molar-refractivity contribution in [3.05, 3.63) is 79.5 Å². The van der Waals surface area contributed by atoms with Crippen molar-refractivity contribution < 1.29 is 49.0 Å². The maximum absolute atomic E-state index is 14.3. The molecule has 0 saturated heterocycles. The van der Waals surface area contributed by atoms with Crippen molar-refractivity contribution in [3.63, 3.8) is 0 Å². The van der Waals surface area contributed by atoms with Gasteiger partial charge in [0.05, 0.1) is 13.2 Å². The van der Waals surface area contributed by atoms with Crippen LogP contribution in [0.4, 0.5) is 4.79 Å². The lowest BCUT2D eigenvalue weighted by atomic mass is 9.72. The Hall–Kier alpha value is -4.57. The summed E-state index contributed by atoms with van der Waals surface area (Å²) < 4.78 is 16.7. The van der Waals surface area contributed by atoms with Crippen LogP contribution < -0.4 is 5.32 Å². The molecule has 0 unspecified atom stereocenters. The van der Waals surface area contributed by atoms with Gasteiger partial charge in [-0.05, 0) is 84.0 Å². The van der Waals surface area contributed by atoms with Crippen LogP contribution in [0, 0.1) is 10.8 Å². The quantitative estimate of drug-likeness (QED) is 0.0297. The lowest BCUT2D eigenvalue weighted by molar-refractivity contribution is 0.0475. The number of nitrogens with one attached hydrogen (secondary N) is 1. The fourth-order valence-electron chi connectivity index (χ4n) is 6.99. The second-order valence-electron chi connectivity index (χ2n) is 12.8. The molecule has 1 amide bonds. The summed E-state index contributed by atoms with van der Waals surface area (Å²) >= 11 is 0. The van der Waals surface area contributed by atoms with Gasteiger partial charge in [-0.25, -0.2) is 4.79 Å². The summed E-state index contributed by atoms with van der Waals surface area (Å²) in [7, 11) is 1.43. The van der Waals surface area contributed by atoms with Gasteiger partial charge in [0.15, 0.2) is 11.6 Å². The Kier molecular flexibility index (Phi) is 17.6. The molecule has 2 aromatic rings. The Morgan fingerprint density at radius 2 is 1.11 bits per heavy atom. The molecule has 0 aliphatic heterocycles. The number of alkyl carbamates (subject to hydrolysis) is 1. The van der Waals surface area contributed by atoms with Gasteiger partial charge in [-0.2, -0.15) is 0 Å². The minimum atomic E-state index is -1.16. The predicted octanol–water partition coefficient (Wildman–Crippen LogP) is 4.46. The molecule has 0 fully saturated rings. The lowest BCUT2D eigenvalue weighted by Crippen LogP contribution is -2.35. The molecule has 0 radical (unpaired) electrons. The highest BCUT2D eigenvalue weighted by atomic mass is 16.5. The Morgan fingerprint density at radius 3 is 1.47 bits per heavy atom. The Balaban J connectivity index is 2.03. The number of fused-ring (bicyclic) bond motifs is 3. The van der Waals surface area contributed by atoms with Gasteiger partial charge in [-0.15, -0.1) is 0 Å². The molecule has 3 rings (SSSR count). The van der Waals surface area contributed by atoms with Crippen LogP contribution in [-0.2, 0) is 14.2 Å². The van der Waals surface area contributed by atoms with Crippen molar-refractivity contribution in [1.29, 1.82) is 0 Å². The van der Waals surface area contributed by atoms with E-state index in [2.05, 4.69) is 25.4 Å². The SMILES string of the molecule is CNC(=O)OCC1c2cc(C(=O)C(CCO)(CCO)CCOCCN=[N+]=[N-])ccc2-c2ccc(C(=O)C(CCO)(CCO)CCOCCN=[N+]=[N-])cc21. The van der Waals surface area contributed by atoms with Crippen LogP contribution in [0.3, 0.4) is 0 Å². The second kappa shape index (κ2) is 21.8. The summed E-state index contributed by atoms with van der Waals surface area (Å²) in [6, 6.07) is 10.4. The zero-order valence-electron chi connectivity index (χ0n) is 30.0. The van der Waals surface area contributed by atoms with E-state index in [1.807, 2.05) is 0 Å². The minimum absolute atomic E-state index is 0.0698. The van der Waals surface area contributed by atoms with Crippen molar-refractivity contribution in [2.24, 2.45) is 21.1 Å². The number of carbonyl (C=O) groups is 3. The number of nitrogens with zero attached hydrogens (tertiary/aromatic N) is 6. The molecule has 288 valence electrons. The van der Waals surface area contributed by atoms with Crippen LogP contribution in [0.1, 0.15) is 76.3 Å². The van der Waals surface area contributed by atoms with Crippen molar-refractivity contribution in [3.8, 4) is 11.1 Å². The van der Waals surface area contributed by atoms with E-state index < -0.39 is 22.8 Å². The highest BCUT2D eigenvalue weighted by Crippen LogP contribution is 2.47. The molecule has 0 spiro atoms. The van der Waals surface area contributed by atoms with Crippen LogP contribution >= 0.6 is 0 Å². The minimum Gasteiger partial charge on any atom is -0.449 e. The summed E-state index contributed by atoms with van der Waals surface area (Å²) in [5, 5.41) is 49.2. The molecule has 1 aliphatic rings. The molecule has 0 atom stereocenters. The summed E-state index contributed by atoms with van der Waals surface area (Å²) in [6.45, 7) is -0.578. The Labute approximate surface area is 307 Å². The highest BCUT2D eigenvalue weighted by Gasteiger charge is 2.41. The van der Waals surface area contributed by atoms with Gasteiger partial charge < -0.3 is 40.0 Å². The third-order valence-electron chi connectivity index (χ3n) is 9.83. The molecule has 5 N–H and O–H groups in total. The molecule has 0 heterocycles. The van der Waals surface area contributed by atoms with E-state index in [4.69, 9.17) is 25.3 Å². The first-order valence-corrected chi connectivity index (χ1v) is 17.5. The number of ketones is 2. The average molecular weight is 740 g/mol. The number of benzene rings is 2.